The number of carbonyl (C=O) groups excluding carboxylic acids is 1. The molecule has 0 saturated heterocycles. The highest BCUT2D eigenvalue weighted by atomic mass is 19.4. The van der Waals surface area contributed by atoms with Gasteiger partial charge in [-0.2, -0.15) is 18.2 Å². The van der Waals surface area contributed by atoms with E-state index in [2.05, 4.69) is 25.9 Å². The molecule has 6 nitrogen and oxygen atoms in total. The van der Waals surface area contributed by atoms with Gasteiger partial charge in [-0.15, -0.1) is 0 Å². The fraction of sp³-hybridized carbons (Fsp3) is 0.421. The molecule has 0 bridgehead atoms. The van der Waals surface area contributed by atoms with Gasteiger partial charge in [-0.25, -0.2) is 4.98 Å². The Bertz CT molecular complexity index is 835. The molecular formula is C19H22F3N5O. The molecule has 0 spiro atoms. The lowest BCUT2D eigenvalue weighted by molar-refractivity contribution is -0.137. The van der Waals surface area contributed by atoms with Gasteiger partial charge < -0.3 is 16.0 Å². The predicted molar refractivity (Wildman–Crippen MR) is 101 cm³/mol. The Hall–Kier alpha value is -2.84. The normalized spacial score (nSPS) is 15.1. The highest BCUT2D eigenvalue weighted by Crippen LogP contribution is 2.35. The summed E-state index contributed by atoms with van der Waals surface area (Å²) in [5, 5.41) is 8.27. The number of alkyl halides is 3. The van der Waals surface area contributed by atoms with Gasteiger partial charge in [0.1, 0.15) is 11.4 Å². The summed E-state index contributed by atoms with van der Waals surface area (Å²) < 4.78 is 40.3. The van der Waals surface area contributed by atoms with Crippen LogP contribution in [0.5, 0.6) is 0 Å². The van der Waals surface area contributed by atoms with Crippen molar-refractivity contribution in [2.45, 2.75) is 44.3 Å². The number of halogens is 3. The number of amides is 1. The number of rotatable bonds is 5. The Kier molecular flexibility index (Phi) is 6.01. The van der Waals surface area contributed by atoms with Gasteiger partial charge in [0.25, 0.3) is 5.91 Å². The second-order valence-electron chi connectivity index (χ2n) is 6.68. The fourth-order valence-corrected chi connectivity index (χ4v) is 3.24. The average Bonchev–Trinajstić information content (AvgIpc) is 2.68. The molecule has 1 heterocycles. The maximum Gasteiger partial charge on any atom is 0.421 e. The molecule has 1 aliphatic carbocycles. The number of hydrogen-bond acceptors (Lipinski definition) is 5. The molecule has 0 atom stereocenters. The first kappa shape index (κ1) is 19.9. The summed E-state index contributed by atoms with van der Waals surface area (Å²) in [6.45, 7) is 0. The number of anilines is 3. The molecule has 28 heavy (non-hydrogen) atoms. The van der Waals surface area contributed by atoms with Crippen molar-refractivity contribution in [1.82, 2.24) is 15.3 Å². The third kappa shape index (κ3) is 4.71. The van der Waals surface area contributed by atoms with Crippen LogP contribution in [0.3, 0.4) is 0 Å². The van der Waals surface area contributed by atoms with Crippen molar-refractivity contribution in [2.24, 2.45) is 0 Å². The average molecular weight is 393 g/mol. The van der Waals surface area contributed by atoms with Crippen molar-refractivity contribution < 1.29 is 18.0 Å². The van der Waals surface area contributed by atoms with Crippen LogP contribution in [0.25, 0.3) is 0 Å². The molecule has 1 aromatic carbocycles. The number of benzene rings is 1. The van der Waals surface area contributed by atoms with Gasteiger partial charge in [0, 0.05) is 19.3 Å². The van der Waals surface area contributed by atoms with Crippen molar-refractivity contribution >= 4 is 23.4 Å². The van der Waals surface area contributed by atoms with E-state index in [-0.39, 0.29) is 23.2 Å². The van der Waals surface area contributed by atoms with Crippen molar-refractivity contribution in [1.29, 1.82) is 0 Å². The number of nitrogens with zero attached hydrogens (tertiary/aromatic N) is 2. The molecule has 3 N–H and O–H groups in total. The summed E-state index contributed by atoms with van der Waals surface area (Å²) in [5.41, 5.74) is -0.540. The Labute approximate surface area is 161 Å². The van der Waals surface area contributed by atoms with Crippen molar-refractivity contribution in [3.63, 3.8) is 0 Å². The van der Waals surface area contributed by atoms with Gasteiger partial charge in [0.15, 0.2) is 0 Å². The second kappa shape index (κ2) is 8.45. The fourth-order valence-electron chi connectivity index (χ4n) is 3.24. The third-order valence-corrected chi connectivity index (χ3v) is 4.68. The van der Waals surface area contributed by atoms with E-state index >= 15 is 0 Å². The SMILES string of the molecule is CNC(=O)c1ccccc1Nc1nc(NC2CCCCC2)ncc1C(F)(F)F. The first-order valence-electron chi connectivity index (χ1n) is 9.17. The molecule has 150 valence electrons. The summed E-state index contributed by atoms with van der Waals surface area (Å²) >= 11 is 0. The van der Waals surface area contributed by atoms with Crippen LogP contribution in [-0.4, -0.2) is 29.0 Å². The Balaban J connectivity index is 1.93. The molecule has 0 aliphatic heterocycles. The lowest BCUT2D eigenvalue weighted by Gasteiger charge is -2.23. The van der Waals surface area contributed by atoms with Crippen LogP contribution < -0.4 is 16.0 Å². The minimum absolute atomic E-state index is 0.139. The summed E-state index contributed by atoms with van der Waals surface area (Å²) in [6, 6.07) is 6.47. The van der Waals surface area contributed by atoms with E-state index in [4.69, 9.17) is 0 Å². The zero-order valence-electron chi connectivity index (χ0n) is 15.4. The first-order valence-corrected chi connectivity index (χ1v) is 9.17. The van der Waals surface area contributed by atoms with Crippen molar-refractivity contribution in [3.05, 3.63) is 41.6 Å². The maximum atomic E-state index is 13.4. The minimum atomic E-state index is -4.63. The highest BCUT2D eigenvalue weighted by Gasteiger charge is 2.35. The van der Waals surface area contributed by atoms with Gasteiger partial charge in [0.05, 0.1) is 11.3 Å². The van der Waals surface area contributed by atoms with Crippen LogP contribution in [-0.2, 0) is 6.18 Å². The molecule has 1 saturated carbocycles. The third-order valence-electron chi connectivity index (χ3n) is 4.68. The topological polar surface area (TPSA) is 78.9 Å². The lowest BCUT2D eigenvalue weighted by atomic mass is 9.96. The molecule has 1 amide bonds. The largest absolute Gasteiger partial charge is 0.421 e. The molecule has 9 heteroatoms. The predicted octanol–water partition coefficient (Wildman–Crippen LogP) is 4.34. The molecule has 0 unspecified atom stereocenters. The van der Waals surface area contributed by atoms with Crippen LogP contribution in [0.1, 0.15) is 48.0 Å². The summed E-state index contributed by atoms with van der Waals surface area (Å²) in [5.74, 6) is -0.664. The van der Waals surface area contributed by atoms with E-state index in [1.54, 1.807) is 12.1 Å². The van der Waals surface area contributed by atoms with E-state index < -0.39 is 23.5 Å². The Morgan fingerprint density at radius 3 is 2.54 bits per heavy atom. The van der Waals surface area contributed by atoms with E-state index in [9.17, 15) is 18.0 Å². The standard InChI is InChI=1S/C19H22F3N5O/c1-23-17(28)13-9-5-6-10-15(13)26-16-14(19(20,21)22)11-24-18(27-16)25-12-7-3-2-4-8-12/h5-6,9-12H,2-4,7-8H2,1H3,(H,23,28)(H2,24,25,26,27). The van der Waals surface area contributed by atoms with Gasteiger partial charge in [0.2, 0.25) is 5.95 Å². The van der Waals surface area contributed by atoms with Crippen LogP contribution in [0.15, 0.2) is 30.5 Å². The van der Waals surface area contributed by atoms with Crippen molar-refractivity contribution in [3.8, 4) is 0 Å². The summed E-state index contributed by atoms with van der Waals surface area (Å²) in [7, 11) is 1.46. The number of para-hydroxylation sites is 1. The number of nitrogens with one attached hydrogen (secondary N) is 3. The molecule has 3 rings (SSSR count). The number of hydrogen-bond donors (Lipinski definition) is 3. The Morgan fingerprint density at radius 2 is 1.86 bits per heavy atom. The molecule has 1 aliphatic rings. The second-order valence-corrected chi connectivity index (χ2v) is 6.68. The number of carbonyl (C=O) groups is 1. The van der Waals surface area contributed by atoms with E-state index in [1.165, 1.54) is 19.2 Å². The van der Waals surface area contributed by atoms with Crippen LogP contribution in [0.2, 0.25) is 0 Å². The molecule has 0 radical (unpaired) electrons. The lowest BCUT2D eigenvalue weighted by Crippen LogP contribution is -2.24. The summed E-state index contributed by atoms with van der Waals surface area (Å²) in [4.78, 5) is 19.9. The van der Waals surface area contributed by atoms with Crippen LogP contribution in [0, 0.1) is 0 Å². The first-order chi connectivity index (χ1) is 13.4. The summed E-state index contributed by atoms with van der Waals surface area (Å²) in [6.07, 6.45) is 1.32. The maximum absolute atomic E-state index is 13.4. The zero-order valence-corrected chi connectivity index (χ0v) is 15.4. The van der Waals surface area contributed by atoms with E-state index in [1.807, 2.05) is 0 Å². The smallest absolute Gasteiger partial charge is 0.355 e. The van der Waals surface area contributed by atoms with Crippen LogP contribution >= 0.6 is 0 Å². The Morgan fingerprint density at radius 1 is 1.14 bits per heavy atom. The minimum Gasteiger partial charge on any atom is -0.355 e. The zero-order chi connectivity index (χ0) is 20.1. The molecule has 1 aromatic heterocycles. The monoisotopic (exact) mass is 393 g/mol. The van der Waals surface area contributed by atoms with Gasteiger partial charge in [-0.3, -0.25) is 4.79 Å². The van der Waals surface area contributed by atoms with Crippen LogP contribution in [0.4, 0.5) is 30.6 Å². The highest BCUT2D eigenvalue weighted by molar-refractivity contribution is 6.00. The van der Waals surface area contributed by atoms with E-state index in [0.29, 0.717) is 0 Å². The molecular weight excluding hydrogens is 371 g/mol. The molecule has 2 aromatic rings. The quantitative estimate of drug-likeness (QED) is 0.704. The van der Waals surface area contributed by atoms with E-state index in [0.717, 1.165) is 38.3 Å². The van der Waals surface area contributed by atoms with Gasteiger partial charge >= 0.3 is 6.18 Å². The van der Waals surface area contributed by atoms with Gasteiger partial charge in [-0.1, -0.05) is 31.4 Å². The van der Waals surface area contributed by atoms with Crippen molar-refractivity contribution in [2.75, 3.05) is 17.7 Å². The molecule has 1 fully saturated rings. The number of aromatic nitrogens is 2. The van der Waals surface area contributed by atoms with Gasteiger partial charge in [-0.05, 0) is 25.0 Å².